The van der Waals surface area contributed by atoms with Gasteiger partial charge in [0.2, 0.25) is 0 Å². The number of carboxylic acids is 1. The smallest absolute Gasteiger partial charge is 0.307 e. The van der Waals surface area contributed by atoms with Crippen LogP contribution in [-0.2, 0) is 15.6 Å². The predicted molar refractivity (Wildman–Crippen MR) is 93.5 cm³/mol. The number of benzene rings is 1. The quantitative estimate of drug-likeness (QED) is 0.815. The first-order chi connectivity index (χ1) is 9.34. The van der Waals surface area contributed by atoms with Gasteiger partial charge in [0.1, 0.15) is 5.75 Å². The highest BCUT2D eigenvalue weighted by Gasteiger charge is 2.27. The zero-order chi connectivity index (χ0) is 16.6. The zero-order valence-corrected chi connectivity index (χ0v) is 13.9. The summed E-state index contributed by atoms with van der Waals surface area (Å²) in [4.78, 5) is 10.9. The van der Waals surface area contributed by atoms with Gasteiger partial charge in [-0.1, -0.05) is 55.5 Å². The Morgan fingerprint density at radius 2 is 1.41 bits per heavy atom. The minimum Gasteiger partial charge on any atom is -0.507 e. The van der Waals surface area contributed by atoms with Crippen LogP contribution >= 0.6 is 0 Å². The SMILES string of the molecule is C.C=C(CC(=O)O)c1cc(C(C)(C)C)c(O)c(C(C)(C)C)c1. The molecule has 0 fully saturated rings. The summed E-state index contributed by atoms with van der Waals surface area (Å²) in [7, 11) is 0. The van der Waals surface area contributed by atoms with E-state index in [2.05, 4.69) is 6.58 Å². The molecule has 0 aliphatic carbocycles. The number of carboxylic acid groups (broad SMARTS) is 1. The van der Waals surface area contributed by atoms with Gasteiger partial charge in [-0.25, -0.2) is 0 Å². The summed E-state index contributed by atoms with van der Waals surface area (Å²) in [5.41, 5.74) is 2.50. The number of aromatic hydroxyl groups is 1. The van der Waals surface area contributed by atoms with Gasteiger partial charge in [-0.2, -0.15) is 0 Å². The molecule has 0 saturated carbocycles. The number of hydrogen-bond acceptors (Lipinski definition) is 2. The molecule has 1 aromatic carbocycles. The maximum atomic E-state index is 10.9. The van der Waals surface area contributed by atoms with Crippen LogP contribution in [0, 0.1) is 0 Å². The summed E-state index contributed by atoms with van der Waals surface area (Å²) < 4.78 is 0. The maximum Gasteiger partial charge on any atom is 0.307 e. The third-order valence-electron chi connectivity index (χ3n) is 3.50. The molecule has 0 aliphatic heterocycles. The first-order valence-electron chi connectivity index (χ1n) is 7.12. The molecule has 0 heterocycles. The topological polar surface area (TPSA) is 57.5 Å². The molecule has 0 amide bonds. The van der Waals surface area contributed by atoms with Crippen LogP contribution < -0.4 is 0 Å². The number of hydrogen-bond donors (Lipinski definition) is 2. The van der Waals surface area contributed by atoms with Crippen LogP contribution in [-0.4, -0.2) is 16.2 Å². The molecule has 124 valence electrons. The zero-order valence-electron chi connectivity index (χ0n) is 13.9. The van der Waals surface area contributed by atoms with E-state index in [9.17, 15) is 9.90 Å². The molecule has 0 saturated heterocycles. The van der Waals surface area contributed by atoms with Crippen LogP contribution in [0.15, 0.2) is 18.7 Å². The third kappa shape index (κ3) is 4.62. The fourth-order valence-electron chi connectivity index (χ4n) is 2.27. The molecular formula is C19H30O3. The molecule has 3 heteroatoms. The van der Waals surface area contributed by atoms with Crippen molar-refractivity contribution in [3.63, 3.8) is 0 Å². The molecule has 3 nitrogen and oxygen atoms in total. The normalized spacial score (nSPS) is 11.7. The van der Waals surface area contributed by atoms with Crippen LogP contribution in [0.25, 0.3) is 5.57 Å². The number of aliphatic carboxylic acids is 1. The van der Waals surface area contributed by atoms with Crippen LogP contribution in [0.1, 0.15) is 72.1 Å². The van der Waals surface area contributed by atoms with Crippen LogP contribution in [0.4, 0.5) is 0 Å². The molecule has 0 bridgehead atoms. The Labute approximate surface area is 134 Å². The van der Waals surface area contributed by atoms with Crippen molar-refractivity contribution in [2.75, 3.05) is 0 Å². The van der Waals surface area contributed by atoms with Gasteiger partial charge in [-0.05, 0) is 34.1 Å². The molecule has 0 unspecified atom stereocenters. The molecular weight excluding hydrogens is 276 g/mol. The van der Waals surface area contributed by atoms with Crippen molar-refractivity contribution in [2.45, 2.75) is 66.2 Å². The summed E-state index contributed by atoms with van der Waals surface area (Å²) in [6, 6.07) is 3.71. The minimum atomic E-state index is -0.900. The summed E-state index contributed by atoms with van der Waals surface area (Å²) in [6.07, 6.45) is -0.0993. The standard InChI is InChI=1S/C18H26O3.CH4/c1-11(8-15(19)20)12-9-13(17(2,3)4)16(21)14(10-12)18(5,6)7;/h9-10,21H,1,8H2,2-7H3,(H,19,20);1H4. The van der Waals surface area contributed by atoms with E-state index in [1.54, 1.807) is 0 Å². The largest absolute Gasteiger partial charge is 0.507 e. The van der Waals surface area contributed by atoms with Crippen molar-refractivity contribution in [2.24, 2.45) is 0 Å². The molecule has 0 aliphatic rings. The third-order valence-corrected chi connectivity index (χ3v) is 3.50. The Bertz CT molecular complexity index is 534. The highest BCUT2D eigenvalue weighted by molar-refractivity contribution is 5.83. The molecule has 0 aromatic heterocycles. The number of rotatable bonds is 3. The first-order valence-corrected chi connectivity index (χ1v) is 7.12. The molecule has 0 radical (unpaired) electrons. The van der Waals surface area contributed by atoms with Gasteiger partial charge in [0.25, 0.3) is 0 Å². The van der Waals surface area contributed by atoms with E-state index in [1.807, 2.05) is 53.7 Å². The van der Waals surface area contributed by atoms with Gasteiger partial charge in [-0.15, -0.1) is 0 Å². The Morgan fingerprint density at radius 1 is 1.05 bits per heavy atom. The molecule has 1 rings (SSSR count). The summed E-state index contributed by atoms with van der Waals surface area (Å²) >= 11 is 0. The summed E-state index contributed by atoms with van der Waals surface area (Å²) in [5, 5.41) is 19.6. The van der Waals surface area contributed by atoms with Gasteiger partial charge >= 0.3 is 5.97 Å². The summed E-state index contributed by atoms with van der Waals surface area (Å²) in [6.45, 7) is 16.0. The van der Waals surface area contributed by atoms with Crippen LogP contribution in [0.3, 0.4) is 0 Å². The number of phenols is 1. The van der Waals surface area contributed by atoms with Crippen molar-refractivity contribution in [3.8, 4) is 5.75 Å². The van der Waals surface area contributed by atoms with Crippen molar-refractivity contribution < 1.29 is 15.0 Å². The highest BCUT2D eigenvalue weighted by Crippen LogP contribution is 2.41. The van der Waals surface area contributed by atoms with E-state index < -0.39 is 5.97 Å². The Kier molecular flexibility index (Phi) is 6.03. The molecule has 0 spiro atoms. The lowest BCUT2D eigenvalue weighted by molar-refractivity contribution is -0.135. The van der Waals surface area contributed by atoms with Crippen molar-refractivity contribution >= 4 is 11.5 Å². The summed E-state index contributed by atoms with van der Waals surface area (Å²) in [5.74, 6) is -0.607. The molecule has 0 atom stereocenters. The second-order valence-corrected chi connectivity index (χ2v) is 7.59. The monoisotopic (exact) mass is 306 g/mol. The second-order valence-electron chi connectivity index (χ2n) is 7.59. The van der Waals surface area contributed by atoms with Crippen LogP contribution in [0.2, 0.25) is 0 Å². The lowest BCUT2D eigenvalue weighted by Gasteiger charge is -2.28. The van der Waals surface area contributed by atoms with E-state index in [0.717, 1.165) is 16.7 Å². The van der Waals surface area contributed by atoms with Crippen molar-refractivity contribution in [1.82, 2.24) is 0 Å². The Balaban J connectivity index is 0.00000441. The maximum absolute atomic E-state index is 10.9. The van der Waals surface area contributed by atoms with Gasteiger partial charge < -0.3 is 10.2 Å². The molecule has 2 N–H and O–H groups in total. The molecule has 1 aromatic rings. The lowest BCUT2D eigenvalue weighted by Crippen LogP contribution is -2.18. The van der Waals surface area contributed by atoms with Gasteiger partial charge in [0.15, 0.2) is 0 Å². The van der Waals surface area contributed by atoms with Crippen molar-refractivity contribution in [1.29, 1.82) is 0 Å². The fourth-order valence-corrected chi connectivity index (χ4v) is 2.27. The Hall–Kier alpha value is -1.77. The Morgan fingerprint density at radius 3 is 1.68 bits per heavy atom. The number of carbonyl (C=O) groups is 1. The van der Waals surface area contributed by atoms with Gasteiger partial charge in [0.05, 0.1) is 6.42 Å². The average molecular weight is 306 g/mol. The van der Waals surface area contributed by atoms with Crippen LogP contribution in [0.5, 0.6) is 5.75 Å². The second kappa shape index (κ2) is 6.55. The number of phenolic OH excluding ortho intramolecular Hbond substituents is 1. The van der Waals surface area contributed by atoms with E-state index in [1.165, 1.54) is 0 Å². The highest BCUT2D eigenvalue weighted by atomic mass is 16.4. The average Bonchev–Trinajstić information content (AvgIpc) is 2.24. The van der Waals surface area contributed by atoms with E-state index in [4.69, 9.17) is 5.11 Å². The molecule has 22 heavy (non-hydrogen) atoms. The fraction of sp³-hybridized carbons (Fsp3) is 0.526. The van der Waals surface area contributed by atoms with Gasteiger partial charge in [-0.3, -0.25) is 4.79 Å². The first kappa shape index (κ1) is 20.2. The minimum absolute atomic E-state index is 0. The van der Waals surface area contributed by atoms with E-state index >= 15 is 0 Å². The van der Waals surface area contributed by atoms with Gasteiger partial charge in [0, 0.05) is 11.1 Å². The predicted octanol–water partition coefficient (Wildman–Crippen LogP) is 5.11. The van der Waals surface area contributed by atoms with E-state index in [-0.39, 0.29) is 24.7 Å². The van der Waals surface area contributed by atoms with E-state index in [0.29, 0.717) is 11.3 Å². The van der Waals surface area contributed by atoms with Crippen molar-refractivity contribution in [3.05, 3.63) is 35.4 Å². The lowest BCUT2D eigenvalue weighted by atomic mass is 9.77.